The molecule has 2 aliphatic carbocycles. The standard InChI is InChI=1S/C21H26O6/c1-19(2)9-7-10-20(3)17(19)15(27-16(23)8-5-4-6-11-22)12-14-13-26-18(24)21(14,20)25/h4-6,8,11-12,15,17,25H,7,9-10,13H2,1-3H3/t15-,17+,20+,21-/m1/s1. The van der Waals surface area contributed by atoms with Crippen LogP contribution in [0.3, 0.4) is 0 Å². The molecule has 4 atom stereocenters. The minimum atomic E-state index is -1.67. The summed E-state index contributed by atoms with van der Waals surface area (Å²) in [5.74, 6) is -1.38. The first kappa shape index (κ1) is 19.5. The Labute approximate surface area is 158 Å². The number of hydrogen-bond donors (Lipinski definition) is 1. The summed E-state index contributed by atoms with van der Waals surface area (Å²) in [6.07, 6.45) is 9.59. The molecule has 1 aliphatic heterocycles. The average Bonchev–Trinajstić information content (AvgIpc) is 2.88. The number of fused-ring (bicyclic) bond motifs is 3. The second kappa shape index (κ2) is 6.75. The van der Waals surface area contributed by atoms with Crippen LogP contribution < -0.4 is 0 Å². The molecule has 0 radical (unpaired) electrons. The van der Waals surface area contributed by atoms with E-state index in [1.807, 2.05) is 6.92 Å². The summed E-state index contributed by atoms with van der Waals surface area (Å²) in [5, 5.41) is 11.4. The highest BCUT2D eigenvalue weighted by atomic mass is 16.6. The summed E-state index contributed by atoms with van der Waals surface area (Å²) in [6.45, 7) is 6.09. The summed E-state index contributed by atoms with van der Waals surface area (Å²) in [4.78, 5) is 35.0. The van der Waals surface area contributed by atoms with Gasteiger partial charge in [0.15, 0.2) is 5.60 Å². The molecule has 0 aromatic carbocycles. The molecule has 0 aromatic heterocycles. The molecule has 0 spiro atoms. The maximum Gasteiger partial charge on any atom is 0.343 e. The Bertz CT molecular complexity index is 746. The molecule has 3 aliphatic rings. The van der Waals surface area contributed by atoms with Gasteiger partial charge in [0.25, 0.3) is 0 Å². The molecule has 1 heterocycles. The first-order chi connectivity index (χ1) is 12.7. The lowest BCUT2D eigenvalue weighted by atomic mass is 9.46. The average molecular weight is 374 g/mol. The Morgan fingerprint density at radius 2 is 2.00 bits per heavy atom. The lowest BCUT2D eigenvalue weighted by Gasteiger charge is -2.59. The van der Waals surface area contributed by atoms with Gasteiger partial charge in [-0.3, -0.25) is 4.79 Å². The molecule has 0 unspecified atom stereocenters. The van der Waals surface area contributed by atoms with Gasteiger partial charge in [-0.25, -0.2) is 9.59 Å². The number of carbonyl (C=O) groups is 3. The lowest BCUT2D eigenvalue weighted by molar-refractivity contribution is -0.194. The SMILES string of the molecule is CC1(C)CCC[C@@]2(C)[C@H]1[C@H](OC(=O)C=CC=CC=O)C=C1COC(=O)[C@]12O. The van der Waals surface area contributed by atoms with Crippen LogP contribution in [0.5, 0.6) is 0 Å². The summed E-state index contributed by atoms with van der Waals surface area (Å²) in [6, 6.07) is 0. The maximum absolute atomic E-state index is 12.5. The van der Waals surface area contributed by atoms with Crippen molar-refractivity contribution in [2.75, 3.05) is 6.61 Å². The lowest BCUT2D eigenvalue weighted by Crippen LogP contribution is -2.65. The van der Waals surface area contributed by atoms with Crippen LogP contribution in [-0.2, 0) is 23.9 Å². The largest absolute Gasteiger partial charge is 0.459 e. The van der Waals surface area contributed by atoms with Crippen molar-refractivity contribution in [3.63, 3.8) is 0 Å². The van der Waals surface area contributed by atoms with E-state index in [0.29, 0.717) is 18.3 Å². The van der Waals surface area contributed by atoms with Crippen LogP contribution in [0.4, 0.5) is 0 Å². The monoisotopic (exact) mass is 374 g/mol. The third-order valence-electron chi connectivity index (χ3n) is 6.47. The van der Waals surface area contributed by atoms with Crippen LogP contribution in [0.2, 0.25) is 0 Å². The smallest absolute Gasteiger partial charge is 0.343 e. The van der Waals surface area contributed by atoms with Gasteiger partial charge >= 0.3 is 11.9 Å². The molecule has 27 heavy (non-hydrogen) atoms. The minimum absolute atomic E-state index is 0.0179. The first-order valence-corrected chi connectivity index (χ1v) is 9.27. The number of allylic oxidation sites excluding steroid dienone is 3. The van der Waals surface area contributed by atoms with Crippen LogP contribution in [-0.4, -0.2) is 41.6 Å². The van der Waals surface area contributed by atoms with Gasteiger partial charge in [-0.2, -0.15) is 0 Å². The second-order valence-electron chi connectivity index (χ2n) is 8.50. The molecular weight excluding hydrogens is 348 g/mol. The quantitative estimate of drug-likeness (QED) is 0.267. The number of carbonyl (C=O) groups excluding carboxylic acids is 3. The molecule has 1 saturated carbocycles. The summed E-state index contributed by atoms with van der Waals surface area (Å²) in [5.41, 5.74) is -2.20. The van der Waals surface area contributed by atoms with Crippen molar-refractivity contribution < 1.29 is 29.0 Å². The molecule has 2 fully saturated rings. The molecule has 0 amide bonds. The fourth-order valence-electron chi connectivity index (χ4n) is 5.36. The number of aliphatic hydroxyl groups is 1. The zero-order valence-corrected chi connectivity index (χ0v) is 15.9. The molecule has 0 aromatic rings. The maximum atomic E-state index is 12.5. The molecule has 3 rings (SSSR count). The Kier molecular flexibility index (Phi) is 4.89. The minimum Gasteiger partial charge on any atom is -0.459 e. The summed E-state index contributed by atoms with van der Waals surface area (Å²) >= 11 is 0. The normalized spacial score (nSPS) is 37.5. The zero-order chi connectivity index (χ0) is 19.9. The van der Waals surface area contributed by atoms with E-state index in [0.717, 1.165) is 12.8 Å². The highest BCUT2D eigenvalue weighted by molar-refractivity contribution is 5.88. The Morgan fingerprint density at radius 1 is 1.26 bits per heavy atom. The molecule has 1 N–H and O–H groups in total. The third-order valence-corrected chi connectivity index (χ3v) is 6.47. The van der Waals surface area contributed by atoms with E-state index in [1.54, 1.807) is 6.08 Å². The topological polar surface area (TPSA) is 89.9 Å². The molecule has 0 bridgehead atoms. The Balaban J connectivity index is 1.98. The van der Waals surface area contributed by atoms with Crippen LogP contribution in [0.1, 0.15) is 40.0 Å². The van der Waals surface area contributed by atoms with Gasteiger partial charge in [-0.05, 0) is 30.4 Å². The van der Waals surface area contributed by atoms with E-state index in [4.69, 9.17) is 9.47 Å². The predicted octanol–water partition coefficient (Wildman–Crippen LogP) is 2.27. The van der Waals surface area contributed by atoms with Gasteiger partial charge in [0.05, 0.1) is 0 Å². The van der Waals surface area contributed by atoms with E-state index in [-0.39, 0.29) is 17.9 Å². The van der Waals surface area contributed by atoms with Crippen molar-refractivity contribution in [1.82, 2.24) is 0 Å². The third kappa shape index (κ3) is 2.96. The number of cyclic esters (lactones) is 1. The molecule has 6 heteroatoms. The summed E-state index contributed by atoms with van der Waals surface area (Å²) in [7, 11) is 0. The van der Waals surface area contributed by atoms with E-state index in [2.05, 4.69) is 13.8 Å². The second-order valence-corrected chi connectivity index (χ2v) is 8.50. The van der Waals surface area contributed by atoms with Crippen molar-refractivity contribution in [2.24, 2.45) is 16.7 Å². The number of ether oxygens (including phenoxy) is 2. The fourth-order valence-corrected chi connectivity index (χ4v) is 5.36. The van der Waals surface area contributed by atoms with Gasteiger partial charge in [0.1, 0.15) is 19.0 Å². The van der Waals surface area contributed by atoms with Crippen LogP contribution in [0, 0.1) is 16.7 Å². The van der Waals surface area contributed by atoms with E-state index < -0.39 is 29.1 Å². The van der Waals surface area contributed by atoms with Crippen molar-refractivity contribution in [2.45, 2.75) is 51.7 Å². The van der Waals surface area contributed by atoms with Crippen LogP contribution >= 0.6 is 0 Å². The number of hydrogen-bond acceptors (Lipinski definition) is 6. The number of esters is 2. The van der Waals surface area contributed by atoms with Crippen LogP contribution in [0.25, 0.3) is 0 Å². The number of aldehydes is 1. The fraction of sp³-hybridized carbons (Fsp3) is 0.571. The number of rotatable bonds is 4. The highest BCUT2D eigenvalue weighted by Gasteiger charge is 2.69. The van der Waals surface area contributed by atoms with Gasteiger partial charge < -0.3 is 14.6 Å². The van der Waals surface area contributed by atoms with E-state index >= 15 is 0 Å². The van der Waals surface area contributed by atoms with E-state index in [9.17, 15) is 19.5 Å². The molecule has 1 saturated heterocycles. The predicted molar refractivity (Wildman–Crippen MR) is 97.4 cm³/mol. The van der Waals surface area contributed by atoms with Gasteiger partial charge in [-0.15, -0.1) is 0 Å². The van der Waals surface area contributed by atoms with Crippen LogP contribution in [0.15, 0.2) is 36.0 Å². The van der Waals surface area contributed by atoms with Gasteiger partial charge in [-0.1, -0.05) is 39.3 Å². The van der Waals surface area contributed by atoms with Crippen molar-refractivity contribution in [3.05, 3.63) is 36.0 Å². The van der Waals surface area contributed by atoms with Crippen molar-refractivity contribution in [1.29, 1.82) is 0 Å². The van der Waals surface area contributed by atoms with Crippen molar-refractivity contribution in [3.8, 4) is 0 Å². The molecule has 146 valence electrons. The Morgan fingerprint density at radius 3 is 2.70 bits per heavy atom. The summed E-state index contributed by atoms with van der Waals surface area (Å²) < 4.78 is 10.9. The van der Waals surface area contributed by atoms with Gasteiger partial charge in [0.2, 0.25) is 0 Å². The molecule has 6 nitrogen and oxygen atoms in total. The van der Waals surface area contributed by atoms with E-state index in [1.165, 1.54) is 24.3 Å². The van der Waals surface area contributed by atoms with Gasteiger partial charge in [0, 0.05) is 23.0 Å². The van der Waals surface area contributed by atoms with Crippen molar-refractivity contribution >= 4 is 18.2 Å². The molecular formula is C21H26O6. The zero-order valence-electron chi connectivity index (χ0n) is 15.9. The highest BCUT2D eigenvalue weighted by Crippen LogP contribution is 2.63. The first-order valence-electron chi connectivity index (χ1n) is 9.27. The Hall–Kier alpha value is -2.21.